The van der Waals surface area contributed by atoms with Gasteiger partial charge in [-0.1, -0.05) is 18.2 Å². The van der Waals surface area contributed by atoms with Crippen LogP contribution < -0.4 is 4.74 Å². The van der Waals surface area contributed by atoms with Crippen molar-refractivity contribution in [3.63, 3.8) is 0 Å². The normalized spacial score (nSPS) is 17.4. The molecule has 0 spiro atoms. The second-order valence-electron chi connectivity index (χ2n) is 6.09. The third-order valence-electron chi connectivity index (χ3n) is 4.06. The number of aromatic nitrogens is 2. The van der Waals surface area contributed by atoms with Crippen molar-refractivity contribution in [2.24, 2.45) is 0 Å². The fourth-order valence-electron chi connectivity index (χ4n) is 2.90. The number of morpholine rings is 1. The number of rotatable bonds is 5. The van der Waals surface area contributed by atoms with E-state index in [2.05, 4.69) is 9.97 Å². The van der Waals surface area contributed by atoms with Gasteiger partial charge in [0.1, 0.15) is 17.7 Å². The van der Waals surface area contributed by atoms with E-state index in [1.807, 2.05) is 55.1 Å². The van der Waals surface area contributed by atoms with Gasteiger partial charge in [0, 0.05) is 12.2 Å². The van der Waals surface area contributed by atoms with E-state index < -0.39 is 0 Å². The van der Waals surface area contributed by atoms with Crippen LogP contribution in [0.5, 0.6) is 5.75 Å². The molecular formula is C19H23N3O3. The van der Waals surface area contributed by atoms with Crippen molar-refractivity contribution in [2.45, 2.75) is 26.4 Å². The highest BCUT2D eigenvalue weighted by Gasteiger charge is 2.26. The standard InChI is InChI=1S/C19H23N3O3/c1-14-12-17(21-15(2)20-14)18-13-22(9-11-25-18)19(23)8-10-24-16-6-4-3-5-7-16/h3-7,12,18H,8-11,13H2,1-2H3. The van der Waals surface area contributed by atoms with Crippen LogP contribution in [-0.4, -0.2) is 47.1 Å². The van der Waals surface area contributed by atoms with Gasteiger partial charge in [-0.2, -0.15) is 0 Å². The molecule has 0 bridgehead atoms. The van der Waals surface area contributed by atoms with E-state index in [1.165, 1.54) is 0 Å². The van der Waals surface area contributed by atoms with Gasteiger partial charge in [-0.05, 0) is 32.0 Å². The summed E-state index contributed by atoms with van der Waals surface area (Å²) >= 11 is 0. The Hall–Kier alpha value is -2.47. The van der Waals surface area contributed by atoms with Crippen molar-refractivity contribution in [3.8, 4) is 5.75 Å². The molecule has 25 heavy (non-hydrogen) atoms. The molecule has 1 unspecified atom stereocenters. The Balaban J connectivity index is 1.54. The fourth-order valence-corrected chi connectivity index (χ4v) is 2.90. The predicted octanol–water partition coefficient (Wildman–Crippen LogP) is 2.46. The van der Waals surface area contributed by atoms with Crippen molar-refractivity contribution < 1.29 is 14.3 Å². The van der Waals surface area contributed by atoms with Crippen molar-refractivity contribution in [2.75, 3.05) is 26.3 Å². The van der Waals surface area contributed by atoms with Crippen LogP contribution in [0.4, 0.5) is 0 Å². The summed E-state index contributed by atoms with van der Waals surface area (Å²) in [6, 6.07) is 11.4. The molecule has 3 rings (SSSR count). The van der Waals surface area contributed by atoms with Crippen LogP contribution in [0.3, 0.4) is 0 Å². The lowest BCUT2D eigenvalue weighted by Gasteiger charge is -2.32. The van der Waals surface area contributed by atoms with Gasteiger partial charge >= 0.3 is 0 Å². The van der Waals surface area contributed by atoms with E-state index in [0.29, 0.717) is 32.7 Å². The summed E-state index contributed by atoms with van der Waals surface area (Å²) < 4.78 is 11.4. The Kier molecular flexibility index (Phi) is 5.60. The van der Waals surface area contributed by atoms with E-state index in [4.69, 9.17) is 9.47 Å². The molecule has 2 heterocycles. The zero-order chi connectivity index (χ0) is 17.6. The quantitative estimate of drug-likeness (QED) is 0.836. The van der Waals surface area contributed by atoms with E-state index in [9.17, 15) is 4.79 Å². The molecule has 0 saturated carbocycles. The highest BCUT2D eigenvalue weighted by molar-refractivity contribution is 5.76. The van der Waals surface area contributed by atoms with Crippen molar-refractivity contribution >= 4 is 5.91 Å². The van der Waals surface area contributed by atoms with Gasteiger partial charge < -0.3 is 14.4 Å². The molecule has 0 aliphatic carbocycles. The van der Waals surface area contributed by atoms with Crippen molar-refractivity contribution in [1.29, 1.82) is 0 Å². The van der Waals surface area contributed by atoms with Crippen LogP contribution in [0.1, 0.15) is 29.7 Å². The zero-order valence-corrected chi connectivity index (χ0v) is 14.6. The monoisotopic (exact) mass is 341 g/mol. The van der Waals surface area contributed by atoms with Crippen LogP contribution in [0, 0.1) is 13.8 Å². The summed E-state index contributed by atoms with van der Waals surface area (Å²) in [4.78, 5) is 23.0. The number of benzene rings is 1. The second-order valence-corrected chi connectivity index (χ2v) is 6.09. The third-order valence-corrected chi connectivity index (χ3v) is 4.06. The van der Waals surface area contributed by atoms with Gasteiger partial charge in [0.25, 0.3) is 0 Å². The number of para-hydroxylation sites is 1. The summed E-state index contributed by atoms with van der Waals surface area (Å²) in [6.07, 6.45) is 0.150. The van der Waals surface area contributed by atoms with Gasteiger partial charge in [-0.25, -0.2) is 9.97 Å². The molecule has 0 N–H and O–H groups in total. The first-order valence-corrected chi connectivity index (χ1v) is 8.51. The number of amides is 1. The lowest BCUT2D eigenvalue weighted by atomic mass is 10.1. The van der Waals surface area contributed by atoms with E-state index in [1.54, 1.807) is 0 Å². The lowest BCUT2D eigenvalue weighted by molar-refractivity contribution is -0.139. The van der Waals surface area contributed by atoms with Crippen LogP contribution in [0.15, 0.2) is 36.4 Å². The minimum absolute atomic E-state index is 0.0757. The number of hydrogen-bond donors (Lipinski definition) is 0. The Labute approximate surface area is 147 Å². The summed E-state index contributed by atoms with van der Waals surface area (Å²) in [5.74, 6) is 1.58. The number of nitrogens with zero attached hydrogens (tertiary/aromatic N) is 3. The van der Waals surface area contributed by atoms with Crippen LogP contribution in [0.2, 0.25) is 0 Å². The molecule has 2 aromatic rings. The minimum Gasteiger partial charge on any atom is -0.493 e. The van der Waals surface area contributed by atoms with E-state index in [-0.39, 0.29) is 12.0 Å². The third kappa shape index (κ3) is 4.76. The molecule has 132 valence electrons. The first kappa shape index (κ1) is 17.4. The maximum absolute atomic E-state index is 12.5. The first-order chi connectivity index (χ1) is 12.1. The molecule has 1 atom stereocenters. The summed E-state index contributed by atoms with van der Waals surface area (Å²) in [5, 5.41) is 0. The first-order valence-electron chi connectivity index (χ1n) is 8.51. The average Bonchev–Trinajstić information content (AvgIpc) is 2.62. The fraction of sp³-hybridized carbons (Fsp3) is 0.421. The van der Waals surface area contributed by atoms with Crippen LogP contribution >= 0.6 is 0 Å². The molecule has 6 nitrogen and oxygen atoms in total. The maximum atomic E-state index is 12.5. The number of carbonyl (C=O) groups is 1. The zero-order valence-electron chi connectivity index (χ0n) is 14.6. The summed E-state index contributed by atoms with van der Waals surface area (Å²) in [6.45, 7) is 5.80. The van der Waals surface area contributed by atoms with E-state index in [0.717, 1.165) is 23.0 Å². The SMILES string of the molecule is Cc1cc(C2CN(C(=O)CCOc3ccccc3)CCO2)nc(C)n1. The van der Waals surface area contributed by atoms with Crippen LogP contribution in [-0.2, 0) is 9.53 Å². The summed E-state index contributed by atoms with van der Waals surface area (Å²) in [5.41, 5.74) is 1.74. The Morgan fingerprint density at radius 1 is 1.28 bits per heavy atom. The maximum Gasteiger partial charge on any atom is 0.226 e. The Morgan fingerprint density at radius 2 is 2.08 bits per heavy atom. The molecule has 1 aliphatic heterocycles. The molecular weight excluding hydrogens is 318 g/mol. The molecule has 1 aromatic carbocycles. The van der Waals surface area contributed by atoms with Gasteiger partial charge in [-0.15, -0.1) is 0 Å². The van der Waals surface area contributed by atoms with Gasteiger partial charge in [0.15, 0.2) is 0 Å². The molecule has 1 fully saturated rings. The second kappa shape index (κ2) is 8.07. The largest absolute Gasteiger partial charge is 0.493 e. The number of carbonyl (C=O) groups excluding carboxylic acids is 1. The summed E-state index contributed by atoms with van der Waals surface area (Å²) in [7, 11) is 0. The lowest BCUT2D eigenvalue weighted by Crippen LogP contribution is -2.43. The molecule has 0 radical (unpaired) electrons. The Bertz CT molecular complexity index is 701. The topological polar surface area (TPSA) is 64.6 Å². The highest BCUT2D eigenvalue weighted by Crippen LogP contribution is 2.21. The van der Waals surface area contributed by atoms with Crippen molar-refractivity contribution in [1.82, 2.24) is 14.9 Å². The smallest absolute Gasteiger partial charge is 0.226 e. The molecule has 1 aliphatic rings. The van der Waals surface area contributed by atoms with Crippen LogP contribution in [0.25, 0.3) is 0 Å². The number of hydrogen-bond acceptors (Lipinski definition) is 5. The average molecular weight is 341 g/mol. The van der Waals surface area contributed by atoms with Gasteiger partial charge in [0.05, 0.1) is 31.9 Å². The molecule has 1 amide bonds. The minimum atomic E-state index is -0.201. The van der Waals surface area contributed by atoms with Crippen molar-refractivity contribution in [3.05, 3.63) is 53.6 Å². The van der Waals surface area contributed by atoms with Gasteiger partial charge in [-0.3, -0.25) is 4.79 Å². The highest BCUT2D eigenvalue weighted by atomic mass is 16.5. The molecule has 1 saturated heterocycles. The van der Waals surface area contributed by atoms with E-state index >= 15 is 0 Å². The number of ether oxygens (including phenoxy) is 2. The molecule has 6 heteroatoms. The van der Waals surface area contributed by atoms with Gasteiger partial charge in [0.2, 0.25) is 5.91 Å². The molecule has 1 aromatic heterocycles. The Morgan fingerprint density at radius 3 is 2.84 bits per heavy atom. The predicted molar refractivity (Wildman–Crippen MR) is 93.3 cm³/mol. The number of aryl methyl sites for hydroxylation is 2.